The summed E-state index contributed by atoms with van der Waals surface area (Å²) in [5.41, 5.74) is 6.48. The number of anilines is 1. The minimum absolute atomic E-state index is 0.406. The summed E-state index contributed by atoms with van der Waals surface area (Å²) in [4.78, 5) is 17.9. The fourth-order valence-electron chi connectivity index (χ4n) is 4.35. The summed E-state index contributed by atoms with van der Waals surface area (Å²) in [5.74, 6) is 0. The molecule has 0 bridgehead atoms. The molecule has 4 N–H and O–H groups in total. The van der Waals surface area contributed by atoms with Crippen LogP contribution in [0.5, 0.6) is 0 Å². The van der Waals surface area contributed by atoms with Crippen molar-refractivity contribution in [2.45, 2.75) is 69.8 Å². The zero-order chi connectivity index (χ0) is 20.8. The molecule has 0 fully saturated rings. The van der Waals surface area contributed by atoms with Gasteiger partial charge in [-0.05, 0) is 93.7 Å². The standard InChI is InChI=1S/C22H28N4O2S/c1-13-18(10-11-19(24-13)22(2,3)28)29(23)26-21(27)25-20-16-8-4-6-14(16)12-15-7-5-9-17(15)20/h10-12,28H,4-9H2,1-3H3,(H3,23,25,26,27). The zero-order valence-corrected chi connectivity index (χ0v) is 18.0. The molecule has 1 atom stereocenters. The number of fused-ring (bicyclic) bond motifs is 2. The van der Waals surface area contributed by atoms with Crippen molar-refractivity contribution in [1.82, 2.24) is 4.98 Å². The summed E-state index contributed by atoms with van der Waals surface area (Å²) in [7, 11) is -1.11. The highest BCUT2D eigenvalue weighted by Gasteiger charge is 2.25. The molecule has 0 aliphatic heterocycles. The molecule has 1 aromatic heterocycles. The topological polar surface area (TPSA) is 101 Å². The van der Waals surface area contributed by atoms with Crippen LogP contribution in [-0.2, 0) is 42.2 Å². The van der Waals surface area contributed by atoms with Crippen LogP contribution in [0.1, 0.15) is 60.3 Å². The minimum Gasteiger partial charge on any atom is -0.384 e. The monoisotopic (exact) mass is 412 g/mol. The Balaban J connectivity index is 1.60. The van der Waals surface area contributed by atoms with Crippen molar-refractivity contribution >= 4 is 22.6 Å². The Bertz CT molecular complexity index is 992. The highest BCUT2D eigenvalue weighted by molar-refractivity contribution is 7.85. The smallest absolute Gasteiger partial charge is 0.352 e. The van der Waals surface area contributed by atoms with Crippen LogP contribution in [0.2, 0.25) is 0 Å². The molecule has 0 radical (unpaired) electrons. The number of nitrogens with zero attached hydrogens (tertiary/aromatic N) is 2. The number of aromatic nitrogens is 1. The van der Waals surface area contributed by atoms with E-state index in [1.165, 1.54) is 22.3 Å². The maximum absolute atomic E-state index is 12.7. The largest absolute Gasteiger partial charge is 0.384 e. The number of aryl methyl sites for hydroxylation is 3. The third-order valence-corrected chi connectivity index (χ3v) is 7.02. The summed E-state index contributed by atoms with van der Waals surface area (Å²) in [6.07, 6.45) is 6.46. The lowest BCUT2D eigenvalue weighted by Gasteiger charge is -2.18. The molecule has 7 heteroatoms. The van der Waals surface area contributed by atoms with Gasteiger partial charge in [-0.2, -0.15) is 4.36 Å². The van der Waals surface area contributed by atoms with Gasteiger partial charge in [-0.15, -0.1) is 0 Å². The van der Waals surface area contributed by atoms with Gasteiger partial charge in [0.15, 0.2) is 0 Å². The summed E-state index contributed by atoms with van der Waals surface area (Å²) in [6, 6.07) is 5.47. The van der Waals surface area contributed by atoms with Gasteiger partial charge in [0.2, 0.25) is 0 Å². The van der Waals surface area contributed by atoms with Gasteiger partial charge in [0.05, 0.1) is 16.3 Å². The molecule has 1 unspecified atom stereocenters. The summed E-state index contributed by atoms with van der Waals surface area (Å²) < 4.78 is 4.20. The van der Waals surface area contributed by atoms with E-state index in [2.05, 4.69) is 20.7 Å². The van der Waals surface area contributed by atoms with E-state index in [0.29, 0.717) is 16.3 Å². The second kappa shape index (κ2) is 7.63. The van der Waals surface area contributed by atoms with Gasteiger partial charge in [-0.25, -0.2) is 4.79 Å². The first-order valence-corrected chi connectivity index (χ1v) is 11.4. The fraction of sp³-hybridized carbons (Fsp3) is 0.455. The maximum atomic E-state index is 12.7. The molecule has 0 saturated heterocycles. The number of pyridine rings is 1. The van der Waals surface area contributed by atoms with Crippen LogP contribution < -0.4 is 10.5 Å². The van der Waals surface area contributed by atoms with E-state index in [-0.39, 0.29) is 0 Å². The predicted octanol–water partition coefficient (Wildman–Crippen LogP) is 3.86. The molecule has 2 amide bonds. The van der Waals surface area contributed by atoms with Gasteiger partial charge in [0.25, 0.3) is 0 Å². The number of hydrogen-bond donors (Lipinski definition) is 3. The minimum atomic E-state index is -1.11. The van der Waals surface area contributed by atoms with E-state index < -0.39 is 22.5 Å². The third-order valence-electron chi connectivity index (χ3n) is 5.78. The van der Waals surface area contributed by atoms with E-state index in [0.717, 1.165) is 44.2 Å². The highest BCUT2D eigenvalue weighted by atomic mass is 32.2. The molecule has 2 aliphatic rings. The second-order valence-electron chi connectivity index (χ2n) is 8.41. The lowest BCUT2D eigenvalue weighted by atomic mass is 9.99. The Morgan fingerprint density at radius 3 is 2.34 bits per heavy atom. The number of benzene rings is 1. The van der Waals surface area contributed by atoms with Crippen LogP contribution in [0.25, 0.3) is 0 Å². The first-order chi connectivity index (χ1) is 13.7. The van der Waals surface area contributed by atoms with Gasteiger partial charge < -0.3 is 10.4 Å². The molecule has 154 valence electrons. The number of rotatable bonds is 3. The van der Waals surface area contributed by atoms with E-state index in [1.807, 2.05) is 6.92 Å². The Labute approximate surface area is 174 Å². The van der Waals surface area contributed by atoms with Crippen LogP contribution in [0.3, 0.4) is 0 Å². The summed E-state index contributed by atoms with van der Waals surface area (Å²) >= 11 is 0. The molecule has 1 aromatic carbocycles. The first-order valence-electron chi connectivity index (χ1n) is 10.1. The van der Waals surface area contributed by atoms with Gasteiger partial charge in [0.1, 0.15) is 5.60 Å². The lowest BCUT2D eigenvalue weighted by molar-refractivity contribution is 0.0736. The number of aliphatic hydroxyl groups is 1. The molecule has 4 rings (SSSR count). The molecule has 6 nitrogen and oxygen atoms in total. The van der Waals surface area contributed by atoms with E-state index in [1.54, 1.807) is 26.0 Å². The number of amides is 2. The van der Waals surface area contributed by atoms with Gasteiger partial charge in [-0.1, -0.05) is 6.07 Å². The van der Waals surface area contributed by atoms with E-state index >= 15 is 0 Å². The predicted molar refractivity (Wildman–Crippen MR) is 116 cm³/mol. The molecule has 0 spiro atoms. The quantitative estimate of drug-likeness (QED) is 0.712. The van der Waals surface area contributed by atoms with Crippen LogP contribution >= 0.6 is 0 Å². The van der Waals surface area contributed by atoms with Crippen molar-refractivity contribution in [2.24, 2.45) is 9.50 Å². The first kappa shape index (κ1) is 20.2. The van der Waals surface area contributed by atoms with Crippen molar-refractivity contribution in [3.8, 4) is 0 Å². The van der Waals surface area contributed by atoms with Crippen molar-refractivity contribution < 1.29 is 9.90 Å². The summed E-state index contributed by atoms with van der Waals surface area (Å²) in [6.45, 7) is 5.19. The Morgan fingerprint density at radius 2 is 1.79 bits per heavy atom. The van der Waals surface area contributed by atoms with Crippen molar-refractivity contribution in [3.63, 3.8) is 0 Å². The van der Waals surface area contributed by atoms with Crippen LogP contribution in [-0.4, -0.2) is 16.1 Å². The Kier molecular flexibility index (Phi) is 5.31. The average molecular weight is 413 g/mol. The summed E-state index contributed by atoms with van der Waals surface area (Å²) in [5, 5.41) is 19.4. The highest BCUT2D eigenvalue weighted by Crippen LogP contribution is 2.38. The molecule has 2 aromatic rings. The number of nitrogens with one attached hydrogen (secondary N) is 1. The van der Waals surface area contributed by atoms with E-state index in [4.69, 9.17) is 5.14 Å². The maximum Gasteiger partial charge on any atom is 0.352 e. The number of nitrogens with two attached hydrogens (primary N) is 1. The second-order valence-corrected chi connectivity index (χ2v) is 9.66. The van der Waals surface area contributed by atoms with Crippen molar-refractivity contribution in [1.29, 1.82) is 0 Å². The molecule has 2 aliphatic carbocycles. The molecule has 1 heterocycles. The number of urea groups is 1. The van der Waals surface area contributed by atoms with Gasteiger partial charge in [0, 0.05) is 16.6 Å². The fourth-order valence-corrected chi connectivity index (χ4v) is 5.22. The SMILES string of the molecule is Cc1nc(C(C)(C)O)ccc1S(N)=NC(=O)Nc1c2c(cc3c1CCC3)CCC2. The molecule has 29 heavy (non-hydrogen) atoms. The average Bonchev–Trinajstić information content (AvgIpc) is 3.29. The van der Waals surface area contributed by atoms with Crippen molar-refractivity contribution in [2.75, 3.05) is 5.32 Å². The lowest BCUT2D eigenvalue weighted by Crippen LogP contribution is -2.19. The Morgan fingerprint density at radius 1 is 1.17 bits per heavy atom. The number of carbonyl (C=O) groups is 1. The molecular weight excluding hydrogens is 384 g/mol. The van der Waals surface area contributed by atoms with Crippen LogP contribution in [0, 0.1) is 6.92 Å². The van der Waals surface area contributed by atoms with Crippen LogP contribution in [0.15, 0.2) is 27.5 Å². The number of carbonyl (C=O) groups excluding carboxylic acids is 1. The van der Waals surface area contributed by atoms with E-state index in [9.17, 15) is 9.90 Å². The van der Waals surface area contributed by atoms with Gasteiger partial charge >= 0.3 is 6.03 Å². The van der Waals surface area contributed by atoms with Gasteiger partial charge in [-0.3, -0.25) is 10.1 Å². The normalized spacial score (nSPS) is 16.6. The Hall–Kier alpha value is -2.09. The third kappa shape index (κ3) is 3.99. The van der Waals surface area contributed by atoms with Crippen molar-refractivity contribution in [3.05, 3.63) is 51.8 Å². The zero-order valence-electron chi connectivity index (χ0n) is 17.2. The number of hydrogen-bond acceptors (Lipinski definition) is 3. The molecule has 0 saturated carbocycles. The van der Waals surface area contributed by atoms with Crippen LogP contribution in [0.4, 0.5) is 10.5 Å². The molecular formula is C22H28N4O2S.